The summed E-state index contributed by atoms with van der Waals surface area (Å²) in [6.07, 6.45) is 6.22. The van der Waals surface area contributed by atoms with Gasteiger partial charge in [-0.15, -0.1) is 0 Å². The molecule has 1 aliphatic rings. The quantitative estimate of drug-likeness (QED) is 0.872. The largest absolute Gasteiger partial charge is 0.376 e. The highest BCUT2D eigenvalue weighted by atomic mass is 16.5. The summed E-state index contributed by atoms with van der Waals surface area (Å²) in [6.45, 7) is 1.69. The fraction of sp³-hybridized carbons (Fsp3) is 0.500. The maximum atomic E-state index is 5.58. The molecule has 0 radical (unpaired) electrons. The van der Waals surface area contributed by atoms with Crippen LogP contribution in [0.15, 0.2) is 18.6 Å². The summed E-state index contributed by atoms with van der Waals surface area (Å²) in [5.74, 6) is 0.846. The molecule has 3 rings (SSSR count). The van der Waals surface area contributed by atoms with E-state index in [1.165, 1.54) is 0 Å². The van der Waals surface area contributed by atoms with Crippen LogP contribution in [-0.4, -0.2) is 33.8 Å². The zero-order valence-electron chi connectivity index (χ0n) is 9.89. The highest BCUT2D eigenvalue weighted by Crippen LogP contribution is 2.19. The van der Waals surface area contributed by atoms with Crippen LogP contribution in [0.3, 0.4) is 0 Å². The van der Waals surface area contributed by atoms with Crippen molar-refractivity contribution in [1.29, 1.82) is 0 Å². The molecule has 1 fully saturated rings. The Hall–Kier alpha value is -1.62. The highest BCUT2D eigenvalue weighted by molar-refractivity contribution is 5.85. The van der Waals surface area contributed by atoms with Gasteiger partial charge in [-0.1, -0.05) is 0 Å². The summed E-state index contributed by atoms with van der Waals surface area (Å²) >= 11 is 0. The molecule has 1 aliphatic heterocycles. The van der Waals surface area contributed by atoms with Crippen molar-refractivity contribution in [3.63, 3.8) is 0 Å². The second-order valence-electron chi connectivity index (χ2n) is 4.40. The van der Waals surface area contributed by atoms with E-state index in [-0.39, 0.29) is 0 Å². The van der Waals surface area contributed by atoms with Gasteiger partial charge in [-0.3, -0.25) is 0 Å². The fourth-order valence-corrected chi connectivity index (χ4v) is 2.21. The number of fused-ring (bicyclic) bond motifs is 1. The number of imidazole rings is 1. The lowest BCUT2D eigenvalue weighted by Crippen LogP contribution is -2.19. The van der Waals surface area contributed by atoms with E-state index >= 15 is 0 Å². The molecule has 5 nitrogen and oxygen atoms in total. The molecule has 1 saturated heterocycles. The Kier molecular flexibility index (Phi) is 2.68. The molecule has 2 aromatic heterocycles. The molecule has 0 aliphatic carbocycles. The molecule has 0 aromatic carbocycles. The Bertz CT molecular complexity index is 516. The van der Waals surface area contributed by atoms with Crippen LogP contribution in [0.4, 0.5) is 5.82 Å². The van der Waals surface area contributed by atoms with Crippen LogP contribution in [0.1, 0.15) is 12.8 Å². The van der Waals surface area contributed by atoms with Gasteiger partial charge in [-0.25, -0.2) is 9.97 Å². The number of ether oxygens (including phenoxy) is 1. The predicted molar refractivity (Wildman–Crippen MR) is 66.0 cm³/mol. The number of rotatable bonds is 3. The van der Waals surface area contributed by atoms with Gasteiger partial charge in [0, 0.05) is 26.4 Å². The summed E-state index contributed by atoms with van der Waals surface area (Å²) in [4.78, 5) is 8.70. The molecule has 2 aromatic rings. The Morgan fingerprint density at radius 2 is 2.47 bits per heavy atom. The Labute approximate surface area is 99.8 Å². The molecular formula is C12H16N4O. The minimum absolute atomic E-state index is 0.316. The number of hydrogen-bond acceptors (Lipinski definition) is 4. The molecule has 0 amide bonds. The van der Waals surface area contributed by atoms with E-state index in [1.807, 2.05) is 30.2 Å². The first-order chi connectivity index (χ1) is 8.34. The first-order valence-corrected chi connectivity index (χ1v) is 5.96. The Balaban J connectivity index is 1.79. The SMILES string of the molecule is Cn1cnc2c(NCC3CCCO3)nccc21. The van der Waals surface area contributed by atoms with Crippen molar-refractivity contribution in [3.05, 3.63) is 18.6 Å². The number of hydrogen-bond donors (Lipinski definition) is 1. The second kappa shape index (κ2) is 4.33. The molecule has 1 N–H and O–H groups in total. The summed E-state index contributed by atoms with van der Waals surface area (Å²) in [6, 6.07) is 1.97. The average molecular weight is 232 g/mol. The minimum atomic E-state index is 0.316. The van der Waals surface area contributed by atoms with Gasteiger partial charge < -0.3 is 14.6 Å². The van der Waals surface area contributed by atoms with E-state index in [9.17, 15) is 0 Å². The zero-order valence-corrected chi connectivity index (χ0v) is 9.89. The number of aryl methyl sites for hydroxylation is 1. The van der Waals surface area contributed by atoms with Gasteiger partial charge in [0.1, 0.15) is 5.52 Å². The molecule has 0 saturated carbocycles. The van der Waals surface area contributed by atoms with E-state index in [2.05, 4.69) is 15.3 Å². The van der Waals surface area contributed by atoms with E-state index in [0.717, 1.165) is 42.8 Å². The lowest BCUT2D eigenvalue weighted by atomic mass is 10.2. The molecule has 17 heavy (non-hydrogen) atoms. The van der Waals surface area contributed by atoms with Crippen LogP contribution in [0.2, 0.25) is 0 Å². The highest BCUT2D eigenvalue weighted by Gasteiger charge is 2.16. The molecule has 90 valence electrons. The van der Waals surface area contributed by atoms with Crippen molar-refractivity contribution < 1.29 is 4.74 Å². The van der Waals surface area contributed by atoms with Crippen molar-refractivity contribution in [2.45, 2.75) is 18.9 Å². The Morgan fingerprint density at radius 1 is 1.53 bits per heavy atom. The van der Waals surface area contributed by atoms with Crippen molar-refractivity contribution >= 4 is 16.9 Å². The summed E-state index contributed by atoms with van der Waals surface area (Å²) in [5.41, 5.74) is 2.02. The third-order valence-corrected chi connectivity index (χ3v) is 3.16. The zero-order chi connectivity index (χ0) is 11.7. The van der Waals surface area contributed by atoms with Gasteiger partial charge >= 0.3 is 0 Å². The van der Waals surface area contributed by atoms with Gasteiger partial charge in [-0.05, 0) is 18.9 Å². The number of pyridine rings is 1. The third-order valence-electron chi connectivity index (χ3n) is 3.16. The van der Waals surface area contributed by atoms with Crippen LogP contribution in [-0.2, 0) is 11.8 Å². The third kappa shape index (κ3) is 1.98. The monoisotopic (exact) mass is 232 g/mol. The van der Waals surface area contributed by atoms with Crippen molar-refractivity contribution in [3.8, 4) is 0 Å². The Morgan fingerprint density at radius 3 is 3.29 bits per heavy atom. The topological polar surface area (TPSA) is 52.0 Å². The van der Waals surface area contributed by atoms with E-state index in [4.69, 9.17) is 4.74 Å². The summed E-state index contributed by atoms with van der Waals surface area (Å²) in [5, 5.41) is 3.33. The summed E-state index contributed by atoms with van der Waals surface area (Å²) in [7, 11) is 1.99. The van der Waals surface area contributed by atoms with Crippen LogP contribution in [0.25, 0.3) is 11.0 Å². The maximum Gasteiger partial charge on any atom is 0.154 e. The van der Waals surface area contributed by atoms with Gasteiger partial charge in [0.2, 0.25) is 0 Å². The lowest BCUT2D eigenvalue weighted by molar-refractivity contribution is 0.120. The van der Waals surface area contributed by atoms with Crippen LogP contribution in [0.5, 0.6) is 0 Å². The molecule has 0 spiro atoms. The smallest absolute Gasteiger partial charge is 0.154 e. The maximum absolute atomic E-state index is 5.58. The number of nitrogens with zero attached hydrogens (tertiary/aromatic N) is 3. The van der Waals surface area contributed by atoms with Crippen molar-refractivity contribution in [2.75, 3.05) is 18.5 Å². The van der Waals surface area contributed by atoms with Gasteiger partial charge in [0.15, 0.2) is 5.82 Å². The van der Waals surface area contributed by atoms with E-state index in [0.29, 0.717) is 6.10 Å². The van der Waals surface area contributed by atoms with E-state index < -0.39 is 0 Å². The number of anilines is 1. The van der Waals surface area contributed by atoms with Crippen LogP contribution in [0, 0.1) is 0 Å². The second-order valence-corrected chi connectivity index (χ2v) is 4.40. The molecule has 1 atom stereocenters. The molecule has 5 heteroatoms. The molecular weight excluding hydrogens is 216 g/mol. The van der Waals surface area contributed by atoms with Crippen LogP contribution >= 0.6 is 0 Å². The average Bonchev–Trinajstić information content (AvgIpc) is 2.97. The van der Waals surface area contributed by atoms with Crippen molar-refractivity contribution in [2.24, 2.45) is 7.05 Å². The standard InChI is InChI=1S/C12H16N4O/c1-16-8-15-11-10(16)4-5-13-12(11)14-7-9-3-2-6-17-9/h4-5,8-9H,2-3,6-7H2,1H3,(H,13,14). The normalized spacial score (nSPS) is 19.9. The van der Waals surface area contributed by atoms with Gasteiger partial charge in [0.25, 0.3) is 0 Å². The summed E-state index contributed by atoms with van der Waals surface area (Å²) < 4.78 is 7.57. The van der Waals surface area contributed by atoms with E-state index in [1.54, 1.807) is 0 Å². The lowest BCUT2D eigenvalue weighted by Gasteiger charge is -2.11. The van der Waals surface area contributed by atoms with Crippen LogP contribution < -0.4 is 5.32 Å². The number of aromatic nitrogens is 3. The fourth-order valence-electron chi connectivity index (χ4n) is 2.21. The first-order valence-electron chi connectivity index (χ1n) is 5.96. The first kappa shape index (κ1) is 10.5. The van der Waals surface area contributed by atoms with Gasteiger partial charge in [0.05, 0.1) is 17.9 Å². The molecule has 0 bridgehead atoms. The van der Waals surface area contributed by atoms with Gasteiger partial charge in [-0.2, -0.15) is 0 Å². The number of nitrogens with one attached hydrogen (secondary N) is 1. The molecule has 1 unspecified atom stereocenters. The predicted octanol–water partition coefficient (Wildman–Crippen LogP) is 1.56. The molecule has 3 heterocycles. The minimum Gasteiger partial charge on any atom is -0.376 e. The van der Waals surface area contributed by atoms with Crippen molar-refractivity contribution in [1.82, 2.24) is 14.5 Å².